The van der Waals surface area contributed by atoms with E-state index in [0.29, 0.717) is 5.41 Å². The summed E-state index contributed by atoms with van der Waals surface area (Å²) in [7, 11) is 0. The van der Waals surface area contributed by atoms with Crippen molar-refractivity contribution in [1.29, 1.82) is 0 Å². The number of aryl methyl sites for hydroxylation is 1. The molecule has 0 radical (unpaired) electrons. The Kier molecular flexibility index (Phi) is 2.77. The van der Waals surface area contributed by atoms with Crippen LogP contribution in [0.1, 0.15) is 48.8 Å². The molecule has 0 unspecified atom stereocenters. The molecule has 100 valence electrons. The molecule has 1 heterocycles. The predicted octanol–water partition coefficient (Wildman–Crippen LogP) is 3.99. The lowest BCUT2D eigenvalue weighted by Crippen LogP contribution is -2.22. The van der Waals surface area contributed by atoms with Gasteiger partial charge in [0.2, 0.25) is 0 Å². The van der Waals surface area contributed by atoms with Crippen LogP contribution in [0.4, 0.5) is 0 Å². The molecule has 1 aliphatic rings. The van der Waals surface area contributed by atoms with Crippen LogP contribution < -0.4 is 0 Å². The molecule has 19 heavy (non-hydrogen) atoms. The van der Waals surface area contributed by atoms with E-state index in [1.54, 1.807) is 0 Å². The number of aromatic nitrogens is 1. The number of hydrogen-bond donors (Lipinski definition) is 0. The van der Waals surface area contributed by atoms with Crippen molar-refractivity contribution in [2.45, 2.75) is 46.6 Å². The highest BCUT2D eigenvalue weighted by atomic mass is 16.1. The number of rotatable bonds is 2. The molecular weight excluding hydrogens is 234 g/mol. The van der Waals surface area contributed by atoms with Crippen molar-refractivity contribution < 1.29 is 4.79 Å². The molecular formula is C17H21NO. The third kappa shape index (κ3) is 1.90. The van der Waals surface area contributed by atoms with Gasteiger partial charge in [0.15, 0.2) is 0 Å². The van der Waals surface area contributed by atoms with Crippen molar-refractivity contribution in [3.8, 4) is 0 Å². The summed E-state index contributed by atoms with van der Waals surface area (Å²) in [4.78, 5) is 11.0. The lowest BCUT2D eigenvalue weighted by atomic mass is 9.76. The molecule has 1 aromatic heterocycles. The Hall–Kier alpha value is -1.57. The second-order valence-corrected chi connectivity index (χ2v) is 6.40. The zero-order valence-electron chi connectivity index (χ0n) is 12.0. The minimum atomic E-state index is 0.372. The minimum absolute atomic E-state index is 0.372. The number of aldehydes is 1. The van der Waals surface area contributed by atoms with E-state index in [1.807, 2.05) is 6.07 Å². The Morgan fingerprint density at radius 1 is 1.37 bits per heavy atom. The number of benzene rings is 1. The van der Waals surface area contributed by atoms with Gasteiger partial charge >= 0.3 is 0 Å². The summed E-state index contributed by atoms with van der Waals surface area (Å²) in [5.74, 6) is 0. The molecule has 2 heteroatoms. The maximum atomic E-state index is 11.0. The molecule has 0 bridgehead atoms. The maximum absolute atomic E-state index is 11.0. The van der Waals surface area contributed by atoms with Crippen LogP contribution in [-0.2, 0) is 19.4 Å². The van der Waals surface area contributed by atoms with E-state index in [9.17, 15) is 4.79 Å². The average Bonchev–Trinajstić information content (AvgIpc) is 2.69. The standard InChI is InChI=1S/C17H21NO/c1-4-18-15-6-5-12(11-19)9-13(15)14-10-17(2,3)8-7-16(14)18/h5-6,9,11H,4,7-8,10H2,1-3H3. The smallest absolute Gasteiger partial charge is 0.150 e. The molecule has 1 aromatic carbocycles. The van der Waals surface area contributed by atoms with E-state index in [4.69, 9.17) is 0 Å². The van der Waals surface area contributed by atoms with Gasteiger partial charge in [-0.1, -0.05) is 13.8 Å². The third-order valence-electron chi connectivity index (χ3n) is 4.46. The van der Waals surface area contributed by atoms with E-state index < -0.39 is 0 Å². The zero-order valence-corrected chi connectivity index (χ0v) is 12.0. The molecule has 0 aliphatic heterocycles. The number of carbonyl (C=O) groups is 1. The second-order valence-electron chi connectivity index (χ2n) is 6.40. The van der Waals surface area contributed by atoms with Gasteiger partial charge in [0.25, 0.3) is 0 Å². The van der Waals surface area contributed by atoms with Crippen LogP contribution in [0.2, 0.25) is 0 Å². The van der Waals surface area contributed by atoms with Gasteiger partial charge in [-0.15, -0.1) is 0 Å². The number of nitrogens with zero attached hydrogens (tertiary/aromatic N) is 1. The van der Waals surface area contributed by atoms with Crippen molar-refractivity contribution in [3.05, 3.63) is 35.0 Å². The molecule has 0 atom stereocenters. The molecule has 2 aromatic rings. The van der Waals surface area contributed by atoms with Crippen molar-refractivity contribution in [2.75, 3.05) is 0 Å². The van der Waals surface area contributed by atoms with Crippen molar-refractivity contribution >= 4 is 17.2 Å². The van der Waals surface area contributed by atoms with E-state index in [-0.39, 0.29) is 0 Å². The monoisotopic (exact) mass is 255 g/mol. The molecule has 1 aliphatic carbocycles. The summed E-state index contributed by atoms with van der Waals surface area (Å²) in [6, 6.07) is 6.10. The van der Waals surface area contributed by atoms with E-state index in [0.717, 1.165) is 31.2 Å². The fourth-order valence-corrected chi connectivity index (χ4v) is 3.44. The van der Waals surface area contributed by atoms with Crippen molar-refractivity contribution in [2.24, 2.45) is 5.41 Å². The normalized spacial score (nSPS) is 17.4. The van der Waals surface area contributed by atoms with Gasteiger partial charge < -0.3 is 4.57 Å². The number of hydrogen-bond acceptors (Lipinski definition) is 1. The van der Waals surface area contributed by atoms with E-state index in [2.05, 4.69) is 37.5 Å². The largest absolute Gasteiger partial charge is 0.345 e. The summed E-state index contributed by atoms with van der Waals surface area (Å²) in [5.41, 5.74) is 5.40. The van der Waals surface area contributed by atoms with Crippen LogP contribution >= 0.6 is 0 Å². The summed E-state index contributed by atoms with van der Waals surface area (Å²) in [5, 5.41) is 1.29. The maximum Gasteiger partial charge on any atom is 0.150 e. The summed E-state index contributed by atoms with van der Waals surface area (Å²) < 4.78 is 2.43. The Balaban J connectivity index is 2.30. The lowest BCUT2D eigenvalue weighted by Gasteiger charge is -2.30. The molecule has 0 fully saturated rings. The highest BCUT2D eigenvalue weighted by Crippen LogP contribution is 2.40. The molecule has 0 amide bonds. The Labute approximate surface area is 114 Å². The lowest BCUT2D eigenvalue weighted by molar-refractivity contribution is 0.112. The minimum Gasteiger partial charge on any atom is -0.345 e. The summed E-state index contributed by atoms with van der Waals surface area (Å²) >= 11 is 0. The fourth-order valence-electron chi connectivity index (χ4n) is 3.44. The van der Waals surface area contributed by atoms with Crippen LogP contribution in [0.3, 0.4) is 0 Å². The van der Waals surface area contributed by atoms with Gasteiger partial charge in [-0.2, -0.15) is 0 Å². The van der Waals surface area contributed by atoms with Gasteiger partial charge in [0, 0.05) is 28.7 Å². The molecule has 0 spiro atoms. The highest BCUT2D eigenvalue weighted by molar-refractivity contribution is 5.91. The van der Waals surface area contributed by atoms with Crippen molar-refractivity contribution in [3.63, 3.8) is 0 Å². The predicted molar refractivity (Wildman–Crippen MR) is 78.8 cm³/mol. The van der Waals surface area contributed by atoms with Crippen LogP contribution in [0, 0.1) is 5.41 Å². The average molecular weight is 255 g/mol. The first-order valence-electron chi connectivity index (χ1n) is 7.15. The molecule has 2 nitrogen and oxygen atoms in total. The number of fused-ring (bicyclic) bond motifs is 3. The van der Waals surface area contributed by atoms with Gasteiger partial charge in [-0.25, -0.2) is 0 Å². The van der Waals surface area contributed by atoms with Crippen LogP contribution in [-0.4, -0.2) is 10.9 Å². The van der Waals surface area contributed by atoms with Gasteiger partial charge in [0.05, 0.1) is 0 Å². The van der Waals surface area contributed by atoms with Crippen LogP contribution in [0.25, 0.3) is 10.9 Å². The van der Waals surface area contributed by atoms with E-state index in [1.165, 1.54) is 28.6 Å². The van der Waals surface area contributed by atoms with Gasteiger partial charge in [-0.05, 0) is 55.4 Å². The first kappa shape index (κ1) is 12.5. The molecule has 0 saturated carbocycles. The topological polar surface area (TPSA) is 22.0 Å². The zero-order chi connectivity index (χ0) is 13.6. The quantitative estimate of drug-likeness (QED) is 0.744. The number of carbonyl (C=O) groups excluding carboxylic acids is 1. The molecule has 0 N–H and O–H groups in total. The van der Waals surface area contributed by atoms with Crippen LogP contribution in [0.15, 0.2) is 18.2 Å². The molecule has 0 saturated heterocycles. The van der Waals surface area contributed by atoms with Gasteiger partial charge in [0.1, 0.15) is 6.29 Å². The molecule has 3 rings (SSSR count). The second kappa shape index (κ2) is 4.22. The Bertz CT molecular complexity index is 649. The Morgan fingerprint density at radius 3 is 2.84 bits per heavy atom. The van der Waals surface area contributed by atoms with Crippen LogP contribution in [0.5, 0.6) is 0 Å². The Morgan fingerprint density at radius 2 is 2.16 bits per heavy atom. The third-order valence-corrected chi connectivity index (χ3v) is 4.46. The highest BCUT2D eigenvalue weighted by Gasteiger charge is 2.29. The summed E-state index contributed by atoms with van der Waals surface area (Å²) in [6.07, 6.45) is 4.47. The fraction of sp³-hybridized carbons (Fsp3) is 0.471. The van der Waals surface area contributed by atoms with Gasteiger partial charge in [-0.3, -0.25) is 4.79 Å². The van der Waals surface area contributed by atoms with Crippen molar-refractivity contribution in [1.82, 2.24) is 4.57 Å². The first-order chi connectivity index (χ1) is 9.05. The SMILES string of the molecule is CCn1c2c(c3cc(C=O)ccc31)CC(C)(C)CC2. The summed E-state index contributed by atoms with van der Waals surface area (Å²) in [6.45, 7) is 7.89. The first-order valence-corrected chi connectivity index (χ1v) is 7.15. The van der Waals surface area contributed by atoms with E-state index >= 15 is 0 Å².